The van der Waals surface area contributed by atoms with E-state index in [0.717, 1.165) is 18.2 Å². The van der Waals surface area contributed by atoms with Crippen LogP contribution >= 0.6 is 0 Å². The van der Waals surface area contributed by atoms with Crippen molar-refractivity contribution in [2.45, 2.75) is 0 Å². The molecule has 2 rings (SSSR count). The number of hydrogen-bond acceptors (Lipinski definition) is 6. The topological polar surface area (TPSA) is 144 Å². The van der Waals surface area contributed by atoms with E-state index in [1.165, 1.54) is 12.1 Å². The number of non-ortho nitro benzene ring substituents is 2. The van der Waals surface area contributed by atoms with Gasteiger partial charge in [0.25, 0.3) is 23.2 Å². The minimum absolute atomic E-state index is 0.280. The molecular weight excluding hydrogens is 320 g/mol. The van der Waals surface area contributed by atoms with Crippen molar-refractivity contribution in [1.82, 2.24) is 10.9 Å². The van der Waals surface area contributed by atoms with E-state index in [-0.39, 0.29) is 11.1 Å². The molecule has 2 aromatic carbocycles. The second-order valence-electron chi connectivity index (χ2n) is 4.53. The van der Waals surface area contributed by atoms with Crippen LogP contribution in [-0.2, 0) is 0 Å². The Labute approximate surface area is 134 Å². The summed E-state index contributed by atoms with van der Waals surface area (Å²) < 4.78 is 0. The fourth-order valence-electron chi connectivity index (χ4n) is 1.78. The van der Waals surface area contributed by atoms with Gasteiger partial charge in [0.1, 0.15) is 0 Å². The summed E-state index contributed by atoms with van der Waals surface area (Å²) >= 11 is 0. The van der Waals surface area contributed by atoms with Gasteiger partial charge >= 0.3 is 0 Å². The molecule has 0 atom stereocenters. The van der Waals surface area contributed by atoms with Crippen LogP contribution < -0.4 is 10.9 Å². The maximum atomic E-state index is 12.0. The summed E-state index contributed by atoms with van der Waals surface area (Å²) in [7, 11) is 0. The molecule has 0 spiro atoms. The Hall–Kier alpha value is -3.82. The van der Waals surface area contributed by atoms with E-state index in [9.17, 15) is 29.8 Å². The van der Waals surface area contributed by atoms with Crippen LogP contribution in [0.5, 0.6) is 0 Å². The second-order valence-corrected chi connectivity index (χ2v) is 4.53. The highest BCUT2D eigenvalue weighted by atomic mass is 16.6. The number of rotatable bonds is 4. The average molecular weight is 330 g/mol. The minimum atomic E-state index is -0.925. The highest BCUT2D eigenvalue weighted by Gasteiger charge is 2.20. The summed E-state index contributed by atoms with van der Waals surface area (Å²) in [6.45, 7) is 0. The summed E-state index contributed by atoms with van der Waals surface area (Å²) in [5, 5.41) is 21.6. The molecule has 0 aliphatic rings. The van der Waals surface area contributed by atoms with Gasteiger partial charge in [0, 0.05) is 17.7 Å². The Morgan fingerprint density at radius 3 is 1.67 bits per heavy atom. The number of carbonyl (C=O) groups is 2. The lowest BCUT2D eigenvalue weighted by molar-refractivity contribution is -0.394. The van der Waals surface area contributed by atoms with Crippen molar-refractivity contribution in [1.29, 1.82) is 0 Å². The van der Waals surface area contributed by atoms with Crippen molar-refractivity contribution in [3.63, 3.8) is 0 Å². The lowest BCUT2D eigenvalue weighted by Gasteiger charge is -2.07. The zero-order valence-corrected chi connectivity index (χ0v) is 12.0. The Bertz CT molecular complexity index is 789. The average Bonchev–Trinajstić information content (AvgIpc) is 2.59. The van der Waals surface area contributed by atoms with Crippen LogP contribution in [0.4, 0.5) is 11.4 Å². The first-order chi connectivity index (χ1) is 11.4. The van der Waals surface area contributed by atoms with Crippen molar-refractivity contribution in [2.24, 2.45) is 0 Å². The normalized spacial score (nSPS) is 9.83. The fraction of sp³-hybridized carbons (Fsp3) is 0. The van der Waals surface area contributed by atoms with Crippen molar-refractivity contribution < 1.29 is 19.4 Å². The number of carbonyl (C=O) groups excluding carboxylic acids is 2. The van der Waals surface area contributed by atoms with Gasteiger partial charge in [-0.2, -0.15) is 0 Å². The number of nitrogens with zero attached hydrogens (tertiary/aromatic N) is 2. The lowest BCUT2D eigenvalue weighted by atomic mass is 10.1. The van der Waals surface area contributed by atoms with Crippen molar-refractivity contribution in [3.8, 4) is 0 Å². The molecule has 2 N–H and O–H groups in total. The molecular formula is C14H10N4O6. The molecule has 122 valence electrons. The quantitative estimate of drug-likeness (QED) is 0.643. The third kappa shape index (κ3) is 3.88. The van der Waals surface area contributed by atoms with Crippen LogP contribution in [0.1, 0.15) is 20.7 Å². The highest BCUT2D eigenvalue weighted by Crippen LogP contribution is 2.22. The second kappa shape index (κ2) is 6.96. The molecule has 10 heteroatoms. The van der Waals surface area contributed by atoms with Gasteiger partial charge in [0.2, 0.25) is 0 Å². The van der Waals surface area contributed by atoms with E-state index in [1.807, 2.05) is 5.43 Å². The van der Waals surface area contributed by atoms with Gasteiger partial charge in [-0.25, -0.2) is 0 Å². The highest BCUT2D eigenvalue weighted by molar-refractivity contribution is 5.99. The van der Waals surface area contributed by atoms with E-state index in [1.54, 1.807) is 18.2 Å². The maximum Gasteiger partial charge on any atom is 0.277 e. The number of nitrogens with one attached hydrogen (secondary N) is 2. The van der Waals surface area contributed by atoms with Crippen LogP contribution in [-0.4, -0.2) is 21.7 Å². The number of nitro benzene ring substituents is 2. The molecule has 0 aliphatic heterocycles. The maximum absolute atomic E-state index is 12.0. The van der Waals surface area contributed by atoms with Crippen LogP contribution in [0, 0.1) is 20.2 Å². The third-order valence-electron chi connectivity index (χ3n) is 2.91. The van der Waals surface area contributed by atoms with Gasteiger partial charge in [-0.1, -0.05) is 18.2 Å². The number of nitro groups is 2. The van der Waals surface area contributed by atoms with Gasteiger partial charge in [0.05, 0.1) is 21.5 Å². The van der Waals surface area contributed by atoms with E-state index in [4.69, 9.17) is 0 Å². The summed E-state index contributed by atoms with van der Waals surface area (Å²) in [6.07, 6.45) is 0. The van der Waals surface area contributed by atoms with E-state index >= 15 is 0 Å². The van der Waals surface area contributed by atoms with Crippen LogP contribution in [0.3, 0.4) is 0 Å². The summed E-state index contributed by atoms with van der Waals surface area (Å²) in [5.74, 6) is -1.53. The smallest absolute Gasteiger partial charge is 0.267 e. The molecule has 10 nitrogen and oxygen atoms in total. The van der Waals surface area contributed by atoms with E-state index in [2.05, 4.69) is 5.43 Å². The van der Waals surface area contributed by atoms with Gasteiger partial charge in [-0.3, -0.25) is 40.7 Å². The zero-order valence-electron chi connectivity index (χ0n) is 12.0. The number of amides is 2. The minimum Gasteiger partial charge on any atom is -0.267 e. The monoisotopic (exact) mass is 330 g/mol. The molecule has 2 aromatic rings. The zero-order chi connectivity index (χ0) is 17.7. The Morgan fingerprint density at radius 2 is 1.21 bits per heavy atom. The molecule has 0 saturated heterocycles. The molecule has 0 fully saturated rings. The SMILES string of the molecule is O=C(NNC(=O)c1cc([N+](=O)[O-])cc([N+](=O)[O-])c1)c1ccccc1. The lowest BCUT2D eigenvalue weighted by Crippen LogP contribution is -2.41. The molecule has 0 heterocycles. The van der Waals surface area contributed by atoms with Crippen LogP contribution in [0.15, 0.2) is 48.5 Å². The predicted molar refractivity (Wildman–Crippen MR) is 81.1 cm³/mol. The molecule has 0 aromatic heterocycles. The fourth-order valence-corrected chi connectivity index (χ4v) is 1.78. The van der Waals surface area contributed by atoms with Gasteiger partial charge in [0.15, 0.2) is 0 Å². The molecule has 24 heavy (non-hydrogen) atoms. The van der Waals surface area contributed by atoms with Crippen molar-refractivity contribution in [3.05, 3.63) is 79.9 Å². The molecule has 0 bridgehead atoms. The van der Waals surface area contributed by atoms with E-state index < -0.39 is 33.0 Å². The Morgan fingerprint density at radius 1 is 0.750 bits per heavy atom. The Kier molecular flexibility index (Phi) is 4.80. The molecule has 2 amide bonds. The van der Waals surface area contributed by atoms with Gasteiger partial charge < -0.3 is 0 Å². The first kappa shape index (κ1) is 16.5. The Balaban J connectivity index is 2.16. The first-order valence-corrected chi connectivity index (χ1v) is 6.48. The van der Waals surface area contributed by atoms with Crippen molar-refractivity contribution >= 4 is 23.2 Å². The first-order valence-electron chi connectivity index (χ1n) is 6.48. The summed E-state index contributed by atoms with van der Waals surface area (Å²) in [4.78, 5) is 43.6. The standard InChI is InChI=1S/C14H10N4O6/c19-13(9-4-2-1-3-5-9)15-16-14(20)10-6-11(17(21)22)8-12(7-10)18(23)24/h1-8H,(H,15,19)(H,16,20). The molecule has 0 aliphatic carbocycles. The van der Waals surface area contributed by atoms with Crippen LogP contribution in [0.2, 0.25) is 0 Å². The predicted octanol–water partition coefficient (Wildman–Crippen LogP) is 1.58. The van der Waals surface area contributed by atoms with E-state index in [0.29, 0.717) is 0 Å². The molecule has 0 saturated carbocycles. The summed E-state index contributed by atoms with van der Waals surface area (Å²) in [5.41, 5.74) is 2.90. The summed E-state index contributed by atoms with van der Waals surface area (Å²) in [6, 6.07) is 10.5. The third-order valence-corrected chi connectivity index (χ3v) is 2.91. The number of hydrogen-bond donors (Lipinski definition) is 2. The van der Waals surface area contributed by atoms with Crippen LogP contribution in [0.25, 0.3) is 0 Å². The van der Waals surface area contributed by atoms with Crippen molar-refractivity contribution in [2.75, 3.05) is 0 Å². The van der Waals surface area contributed by atoms with Gasteiger partial charge in [-0.05, 0) is 12.1 Å². The van der Waals surface area contributed by atoms with Gasteiger partial charge in [-0.15, -0.1) is 0 Å². The largest absolute Gasteiger partial charge is 0.277 e. The number of benzene rings is 2. The number of hydrazine groups is 1. The molecule has 0 radical (unpaired) electrons. The molecule has 0 unspecified atom stereocenters.